The zero-order valence-corrected chi connectivity index (χ0v) is 10.4. The fourth-order valence-electron chi connectivity index (χ4n) is 1.65. The first-order valence-corrected chi connectivity index (χ1v) is 6.55. The van der Waals surface area contributed by atoms with Crippen molar-refractivity contribution in [1.29, 1.82) is 0 Å². The van der Waals surface area contributed by atoms with E-state index < -0.39 is 0 Å². The van der Waals surface area contributed by atoms with Gasteiger partial charge in [0.05, 0.1) is 5.00 Å². The number of thiophene rings is 1. The average Bonchev–Trinajstić information content (AvgIpc) is 2.56. The van der Waals surface area contributed by atoms with Gasteiger partial charge in [-0.25, -0.2) is 0 Å². The van der Waals surface area contributed by atoms with Gasteiger partial charge in [0.2, 0.25) is 0 Å². The van der Waals surface area contributed by atoms with E-state index in [0.29, 0.717) is 0 Å². The van der Waals surface area contributed by atoms with E-state index in [-0.39, 0.29) is 0 Å². The Morgan fingerprint density at radius 1 is 1.36 bits per heavy atom. The third-order valence-corrected chi connectivity index (χ3v) is 4.01. The van der Waals surface area contributed by atoms with Crippen LogP contribution in [0.3, 0.4) is 0 Å². The number of anilines is 1. The number of hydrogen-bond donors (Lipinski definition) is 1. The number of benzene rings is 1. The second-order valence-corrected chi connectivity index (χ2v) is 4.95. The van der Waals surface area contributed by atoms with Gasteiger partial charge in [-0.3, -0.25) is 0 Å². The summed E-state index contributed by atoms with van der Waals surface area (Å²) >= 11 is 5.17. The van der Waals surface area contributed by atoms with E-state index in [0.717, 1.165) is 16.8 Å². The molecule has 0 saturated carbocycles. The fourth-order valence-corrected chi connectivity index (χ4v) is 2.97. The number of aryl methyl sites for hydroxylation is 1. The molecule has 0 amide bonds. The van der Waals surface area contributed by atoms with Crippen LogP contribution in [0.25, 0.3) is 10.1 Å². The maximum absolute atomic E-state index is 5.81. The Morgan fingerprint density at radius 3 is 2.79 bits per heavy atom. The molecule has 0 aliphatic rings. The molecule has 0 spiro atoms. The summed E-state index contributed by atoms with van der Waals surface area (Å²) in [6.45, 7) is 2.18. The van der Waals surface area contributed by atoms with Gasteiger partial charge in [-0.05, 0) is 35.1 Å². The van der Waals surface area contributed by atoms with E-state index in [4.69, 9.17) is 5.73 Å². The summed E-state index contributed by atoms with van der Waals surface area (Å²) in [6, 6.07) is 6.52. The maximum atomic E-state index is 5.81. The van der Waals surface area contributed by atoms with Crippen LogP contribution >= 0.6 is 27.3 Å². The summed E-state index contributed by atoms with van der Waals surface area (Å²) in [4.78, 5) is 0. The molecule has 0 saturated heterocycles. The molecule has 1 heterocycles. The van der Waals surface area contributed by atoms with Crippen molar-refractivity contribution in [3.05, 3.63) is 29.3 Å². The maximum Gasteiger partial charge on any atom is 0.0868 e. The van der Waals surface area contributed by atoms with Crippen LogP contribution in [0.5, 0.6) is 0 Å². The van der Waals surface area contributed by atoms with E-state index in [9.17, 15) is 0 Å². The van der Waals surface area contributed by atoms with E-state index in [2.05, 4.69) is 41.1 Å². The molecule has 2 rings (SSSR count). The number of nitrogens with two attached hydrogens (primary N) is 1. The Bertz CT molecular complexity index is 462. The number of hydrogen-bond acceptors (Lipinski definition) is 2. The van der Waals surface area contributed by atoms with E-state index in [1.807, 2.05) is 0 Å². The molecule has 0 fully saturated rings. The van der Waals surface area contributed by atoms with Crippen LogP contribution in [0.1, 0.15) is 18.1 Å². The van der Waals surface area contributed by atoms with Gasteiger partial charge >= 0.3 is 0 Å². The Morgan fingerprint density at radius 2 is 2.14 bits per heavy atom. The number of halogens is 1. The molecule has 0 radical (unpaired) electrons. The molecule has 1 nitrogen and oxygen atoms in total. The summed E-state index contributed by atoms with van der Waals surface area (Å²) in [5.74, 6) is 0. The van der Waals surface area contributed by atoms with Gasteiger partial charge < -0.3 is 5.73 Å². The van der Waals surface area contributed by atoms with Gasteiger partial charge in [-0.2, -0.15) is 0 Å². The van der Waals surface area contributed by atoms with Crippen molar-refractivity contribution >= 4 is 42.4 Å². The highest BCUT2D eigenvalue weighted by Crippen LogP contribution is 2.32. The normalized spacial score (nSPS) is 11.0. The van der Waals surface area contributed by atoms with Gasteiger partial charge in [-0.15, -0.1) is 11.3 Å². The standard InChI is InChI=1S/C11H12BrNS/c1-2-8-3-7(6-12)4-9-5-10(13)14-11(8)9/h3-5H,2,6,13H2,1H3. The minimum absolute atomic E-state index is 0.904. The number of rotatable bonds is 2. The zero-order valence-electron chi connectivity index (χ0n) is 8.01. The first-order valence-electron chi connectivity index (χ1n) is 4.61. The molecule has 0 unspecified atom stereocenters. The summed E-state index contributed by atoms with van der Waals surface area (Å²) in [6.07, 6.45) is 1.07. The van der Waals surface area contributed by atoms with Crippen LogP contribution < -0.4 is 5.73 Å². The van der Waals surface area contributed by atoms with Crippen molar-refractivity contribution in [2.45, 2.75) is 18.7 Å². The third kappa shape index (κ3) is 1.66. The van der Waals surface area contributed by atoms with Crippen LogP contribution in [0, 0.1) is 0 Å². The molecule has 1 aromatic heterocycles. The lowest BCUT2D eigenvalue weighted by Crippen LogP contribution is -1.84. The third-order valence-electron chi connectivity index (χ3n) is 2.31. The van der Waals surface area contributed by atoms with Gasteiger partial charge in [0.15, 0.2) is 0 Å². The molecule has 74 valence electrons. The van der Waals surface area contributed by atoms with E-state index in [1.165, 1.54) is 21.2 Å². The quantitative estimate of drug-likeness (QED) is 0.822. The molecule has 1 aromatic carbocycles. The second kappa shape index (κ2) is 3.91. The van der Waals surface area contributed by atoms with Crippen molar-refractivity contribution in [2.24, 2.45) is 0 Å². The highest BCUT2D eigenvalue weighted by Gasteiger charge is 2.05. The summed E-state index contributed by atoms with van der Waals surface area (Å²) in [5, 5.41) is 3.09. The van der Waals surface area contributed by atoms with Gasteiger partial charge in [0, 0.05) is 10.0 Å². The van der Waals surface area contributed by atoms with Gasteiger partial charge in [0.1, 0.15) is 0 Å². The summed E-state index contributed by atoms with van der Waals surface area (Å²) in [7, 11) is 0. The minimum Gasteiger partial charge on any atom is -0.391 e. The van der Waals surface area contributed by atoms with Crippen molar-refractivity contribution in [1.82, 2.24) is 0 Å². The highest BCUT2D eigenvalue weighted by molar-refractivity contribution is 9.08. The van der Waals surface area contributed by atoms with Crippen molar-refractivity contribution in [3.63, 3.8) is 0 Å². The zero-order chi connectivity index (χ0) is 10.1. The molecule has 3 heteroatoms. The van der Waals surface area contributed by atoms with Crippen LogP contribution in [0.2, 0.25) is 0 Å². The monoisotopic (exact) mass is 269 g/mol. The van der Waals surface area contributed by atoms with Crippen LogP contribution in [-0.2, 0) is 11.8 Å². The van der Waals surface area contributed by atoms with E-state index >= 15 is 0 Å². The summed E-state index contributed by atoms with van der Waals surface area (Å²) < 4.78 is 1.34. The first-order chi connectivity index (χ1) is 6.74. The SMILES string of the molecule is CCc1cc(CBr)cc2cc(N)sc12. The fraction of sp³-hybridized carbons (Fsp3) is 0.273. The minimum atomic E-state index is 0.904. The number of nitrogen functional groups attached to an aromatic ring is 1. The molecule has 0 atom stereocenters. The Labute approximate surface area is 96.1 Å². The van der Waals surface area contributed by atoms with Crippen molar-refractivity contribution < 1.29 is 0 Å². The summed E-state index contributed by atoms with van der Waals surface area (Å²) in [5.41, 5.74) is 8.54. The Balaban J connectivity index is 2.72. The van der Waals surface area contributed by atoms with Gasteiger partial charge in [0.25, 0.3) is 0 Å². The van der Waals surface area contributed by atoms with E-state index in [1.54, 1.807) is 11.3 Å². The molecule has 0 aliphatic heterocycles. The van der Waals surface area contributed by atoms with Crippen molar-refractivity contribution in [3.8, 4) is 0 Å². The molecule has 14 heavy (non-hydrogen) atoms. The van der Waals surface area contributed by atoms with Crippen LogP contribution in [0.4, 0.5) is 5.00 Å². The predicted molar refractivity (Wildman–Crippen MR) is 68.2 cm³/mol. The molecular formula is C11H12BrNS. The highest BCUT2D eigenvalue weighted by atomic mass is 79.9. The predicted octanol–water partition coefficient (Wildman–Crippen LogP) is 3.94. The first kappa shape index (κ1) is 9.99. The molecule has 0 aliphatic carbocycles. The molecule has 2 aromatic rings. The molecule has 2 N–H and O–H groups in total. The number of fused-ring (bicyclic) bond motifs is 1. The lowest BCUT2D eigenvalue weighted by atomic mass is 10.1. The Hall–Kier alpha value is -0.540. The lowest BCUT2D eigenvalue weighted by molar-refractivity contribution is 1.16. The lowest BCUT2D eigenvalue weighted by Gasteiger charge is -2.02. The average molecular weight is 270 g/mol. The second-order valence-electron chi connectivity index (χ2n) is 3.31. The molecular weight excluding hydrogens is 258 g/mol. The Kier molecular flexibility index (Phi) is 2.79. The smallest absolute Gasteiger partial charge is 0.0868 e. The topological polar surface area (TPSA) is 26.0 Å². The van der Waals surface area contributed by atoms with Gasteiger partial charge in [-0.1, -0.05) is 28.9 Å². The largest absolute Gasteiger partial charge is 0.391 e. The van der Waals surface area contributed by atoms with Crippen LogP contribution in [0.15, 0.2) is 18.2 Å². The van der Waals surface area contributed by atoms with Crippen molar-refractivity contribution in [2.75, 3.05) is 5.73 Å². The van der Waals surface area contributed by atoms with Crippen LogP contribution in [-0.4, -0.2) is 0 Å². The number of alkyl halides is 1. The molecule has 0 bridgehead atoms.